The van der Waals surface area contributed by atoms with Crippen LogP contribution in [0.25, 0.3) is 0 Å². The highest BCUT2D eigenvalue weighted by Gasteiger charge is 1.97. The summed E-state index contributed by atoms with van der Waals surface area (Å²) in [6.07, 6.45) is 20.4. The van der Waals surface area contributed by atoms with E-state index in [1.54, 1.807) is 0 Å². The summed E-state index contributed by atoms with van der Waals surface area (Å²) >= 11 is 0. The maximum absolute atomic E-state index is 10.9. The molecule has 0 fully saturated rings. The summed E-state index contributed by atoms with van der Waals surface area (Å²) in [5.74, 6) is 4.97. The van der Waals surface area contributed by atoms with Gasteiger partial charge in [0.15, 0.2) is 0 Å². The van der Waals surface area contributed by atoms with Gasteiger partial charge in [-0.25, -0.2) is 5.84 Å². The number of hydrazine groups is 1. The first-order chi connectivity index (χ1) is 9.81. The minimum atomic E-state index is -0.0492. The molecule has 0 aromatic carbocycles. The summed E-state index contributed by atoms with van der Waals surface area (Å²) in [6.45, 7) is 2.26. The molecule has 0 aliphatic rings. The topological polar surface area (TPSA) is 55.1 Å². The van der Waals surface area contributed by atoms with Gasteiger partial charge in [0.05, 0.1) is 0 Å². The van der Waals surface area contributed by atoms with E-state index in [1.165, 1.54) is 64.2 Å². The Bertz CT molecular complexity index is 239. The third kappa shape index (κ3) is 15.2. The molecule has 1 amide bonds. The van der Waals surface area contributed by atoms with Crippen LogP contribution in [-0.2, 0) is 4.79 Å². The van der Waals surface area contributed by atoms with Crippen molar-refractivity contribution in [3.05, 3.63) is 12.2 Å². The first kappa shape index (κ1) is 19.2. The zero-order valence-electron chi connectivity index (χ0n) is 13.3. The van der Waals surface area contributed by atoms with Crippen molar-refractivity contribution in [2.45, 2.75) is 90.4 Å². The molecular formula is C17H34N2O. The second-order valence-corrected chi connectivity index (χ2v) is 5.55. The van der Waals surface area contributed by atoms with Gasteiger partial charge in [0, 0.05) is 6.42 Å². The van der Waals surface area contributed by atoms with Crippen LogP contribution in [0.15, 0.2) is 12.2 Å². The highest BCUT2D eigenvalue weighted by molar-refractivity contribution is 5.74. The normalized spacial score (nSPS) is 11.1. The number of nitrogens with two attached hydrogens (primary N) is 1. The molecule has 0 atom stereocenters. The molecule has 0 aromatic rings. The van der Waals surface area contributed by atoms with E-state index in [2.05, 4.69) is 24.5 Å². The minimum Gasteiger partial charge on any atom is -0.294 e. The highest BCUT2D eigenvalue weighted by atomic mass is 16.2. The quantitative estimate of drug-likeness (QED) is 0.160. The first-order valence-corrected chi connectivity index (χ1v) is 8.45. The van der Waals surface area contributed by atoms with E-state index in [0.717, 1.165) is 12.8 Å². The largest absolute Gasteiger partial charge is 0.294 e. The third-order valence-electron chi connectivity index (χ3n) is 3.58. The van der Waals surface area contributed by atoms with Gasteiger partial charge in [0.2, 0.25) is 5.91 Å². The fourth-order valence-corrected chi connectivity index (χ4v) is 2.25. The molecule has 20 heavy (non-hydrogen) atoms. The van der Waals surface area contributed by atoms with Crippen molar-refractivity contribution in [2.24, 2.45) is 5.84 Å². The van der Waals surface area contributed by atoms with Gasteiger partial charge < -0.3 is 0 Å². The maximum Gasteiger partial charge on any atom is 0.233 e. The van der Waals surface area contributed by atoms with Crippen LogP contribution in [0.2, 0.25) is 0 Å². The standard InChI is InChI=1S/C17H34N2O/c1-2-3-4-5-6-7-8-9-10-11-12-13-14-15-16-17(20)19-18/h8-9H,2-7,10-16,18H2,1H3,(H,19,20)/b9-8-. The smallest absolute Gasteiger partial charge is 0.233 e. The lowest BCUT2D eigenvalue weighted by Crippen LogP contribution is -2.29. The van der Waals surface area contributed by atoms with Crippen LogP contribution in [0.3, 0.4) is 0 Å². The fourth-order valence-electron chi connectivity index (χ4n) is 2.25. The van der Waals surface area contributed by atoms with E-state index in [-0.39, 0.29) is 5.91 Å². The Hall–Kier alpha value is -0.830. The van der Waals surface area contributed by atoms with Crippen LogP contribution < -0.4 is 11.3 Å². The van der Waals surface area contributed by atoms with Crippen LogP contribution in [0, 0.1) is 0 Å². The Balaban J connectivity index is 3.10. The Kier molecular flexibility index (Phi) is 15.6. The monoisotopic (exact) mass is 282 g/mol. The second-order valence-electron chi connectivity index (χ2n) is 5.55. The molecule has 0 aromatic heterocycles. The van der Waals surface area contributed by atoms with E-state index in [1.807, 2.05) is 0 Å². The van der Waals surface area contributed by atoms with E-state index >= 15 is 0 Å². The molecule has 0 radical (unpaired) electrons. The summed E-state index contributed by atoms with van der Waals surface area (Å²) in [4.78, 5) is 10.9. The molecule has 0 aliphatic heterocycles. The summed E-state index contributed by atoms with van der Waals surface area (Å²) in [6, 6.07) is 0. The summed E-state index contributed by atoms with van der Waals surface area (Å²) < 4.78 is 0. The Labute approximate surface area is 125 Å². The molecule has 3 nitrogen and oxygen atoms in total. The molecule has 0 saturated carbocycles. The molecule has 0 unspecified atom stereocenters. The van der Waals surface area contributed by atoms with Gasteiger partial charge in [-0.2, -0.15) is 0 Å². The van der Waals surface area contributed by atoms with E-state index in [0.29, 0.717) is 6.42 Å². The molecule has 3 heteroatoms. The number of rotatable bonds is 14. The lowest BCUT2D eigenvalue weighted by atomic mass is 10.1. The van der Waals surface area contributed by atoms with Gasteiger partial charge in [-0.1, -0.05) is 64.0 Å². The number of amides is 1. The molecule has 0 heterocycles. The van der Waals surface area contributed by atoms with Crippen molar-refractivity contribution in [3.8, 4) is 0 Å². The Morgan fingerprint density at radius 3 is 1.90 bits per heavy atom. The number of carbonyl (C=O) groups excluding carboxylic acids is 1. The number of allylic oxidation sites excluding steroid dienone is 2. The molecule has 0 rings (SSSR count). The van der Waals surface area contributed by atoms with Crippen LogP contribution in [-0.4, -0.2) is 5.91 Å². The Morgan fingerprint density at radius 1 is 0.850 bits per heavy atom. The van der Waals surface area contributed by atoms with Gasteiger partial charge in [0.25, 0.3) is 0 Å². The zero-order valence-corrected chi connectivity index (χ0v) is 13.3. The molecule has 0 spiro atoms. The summed E-state index contributed by atoms with van der Waals surface area (Å²) in [5.41, 5.74) is 2.16. The van der Waals surface area contributed by atoms with Crippen molar-refractivity contribution in [2.75, 3.05) is 0 Å². The molecule has 118 valence electrons. The zero-order chi connectivity index (χ0) is 14.9. The van der Waals surface area contributed by atoms with Crippen LogP contribution in [0.5, 0.6) is 0 Å². The highest BCUT2D eigenvalue weighted by Crippen LogP contribution is 2.09. The molecule has 0 bridgehead atoms. The average molecular weight is 282 g/mol. The fraction of sp³-hybridized carbons (Fsp3) is 0.824. The maximum atomic E-state index is 10.9. The van der Waals surface area contributed by atoms with Crippen molar-refractivity contribution in [1.82, 2.24) is 5.43 Å². The molecular weight excluding hydrogens is 248 g/mol. The van der Waals surface area contributed by atoms with Gasteiger partial charge in [-0.05, 0) is 32.1 Å². The lowest BCUT2D eigenvalue weighted by Gasteiger charge is -2.00. The van der Waals surface area contributed by atoms with Gasteiger partial charge >= 0.3 is 0 Å². The predicted octanol–water partition coefficient (Wildman–Crippen LogP) is 4.62. The van der Waals surface area contributed by atoms with Gasteiger partial charge in [0.1, 0.15) is 0 Å². The number of unbranched alkanes of at least 4 members (excludes halogenated alkanes) is 10. The second kappa shape index (κ2) is 16.2. The number of hydrogen-bond acceptors (Lipinski definition) is 2. The average Bonchev–Trinajstić information content (AvgIpc) is 2.47. The number of hydrogen-bond donors (Lipinski definition) is 2. The van der Waals surface area contributed by atoms with Crippen LogP contribution in [0.1, 0.15) is 90.4 Å². The number of nitrogens with one attached hydrogen (secondary N) is 1. The first-order valence-electron chi connectivity index (χ1n) is 8.45. The SMILES string of the molecule is CCCCCCC/C=C\CCCCCCCC(=O)NN. The van der Waals surface area contributed by atoms with Crippen molar-refractivity contribution < 1.29 is 4.79 Å². The number of carbonyl (C=O) groups is 1. The Morgan fingerprint density at radius 2 is 1.35 bits per heavy atom. The van der Waals surface area contributed by atoms with Gasteiger partial charge in [-0.3, -0.25) is 10.2 Å². The predicted molar refractivity (Wildman–Crippen MR) is 87.2 cm³/mol. The summed E-state index contributed by atoms with van der Waals surface area (Å²) in [5, 5.41) is 0. The van der Waals surface area contributed by atoms with Crippen LogP contribution in [0.4, 0.5) is 0 Å². The van der Waals surface area contributed by atoms with E-state index in [9.17, 15) is 4.79 Å². The minimum absolute atomic E-state index is 0.0492. The van der Waals surface area contributed by atoms with Gasteiger partial charge in [-0.15, -0.1) is 0 Å². The third-order valence-corrected chi connectivity index (χ3v) is 3.58. The van der Waals surface area contributed by atoms with Crippen molar-refractivity contribution >= 4 is 5.91 Å². The molecule has 0 aliphatic carbocycles. The molecule has 3 N–H and O–H groups in total. The van der Waals surface area contributed by atoms with Crippen molar-refractivity contribution in [1.29, 1.82) is 0 Å². The van der Waals surface area contributed by atoms with Crippen LogP contribution >= 0.6 is 0 Å². The van der Waals surface area contributed by atoms with Crippen molar-refractivity contribution in [3.63, 3.8) is 0 Å². The lowest BCUT2D eigenvalue weighted by molar-refractivity contribution is -0.121. The summed E-state index contributed by atoms with van der Waals surface area (Å²) in [7, 11) is 0. The molecule has 0 saturated heterocycles. The van der Waals surface area contributed by atoms with E-state index < -0.39 is 0 Å². The van der Waals surface area contributed by atoms with E-state index in [4.69, 9.17) is 5.84 Å².